The number of carbonyl (C=O) groups is 2. The number of nitrogens with zero attached hydrogens (tertiary/aromatic N) is 1. The van der Waals surface area contributed by atoms with E-state index in [1.165, 1.54) is 10.6 Å². The lowest BCUT2D eigenvalue weighted by Crippen LogP contribution is -2.51. The van der Waals surface area contributed by atoms with E-state index in [-0.39, 0.29) is 17.9 Å². The Morgan fingerprint density at radius 2 is 1.82 bits per heavy atom. The van der Waals surface area contributed by atoms with Crippen molar-refractivity contribution in [3.05, 3.63) is 0 Å². The molecule has 2 aliphatic rings. The molecule has 1 aliphatic heterocycles. The minimum absolute atomic E-state index is 0.133. The van der Waals surface area contributed by atoms with Crippen LogP contribution in [0.2, 0.25) is 0 Å². The molecule has 126 valence electrons. The lowest BCUT2D eigenvalue weighted by Gasteiger charge is -2.33. The lowest BCUT2D eigenvalue weighted by atomic mass is 9.81. The summed E-state index contributed by atoms with van der Waals surface area (Å²) in [7, 11) is -3.24. The molecule has 0 radical (unpaired) electrons. The number of carbonyl (C=O) groups excluding carboxylic acids is 1. The van der Waals surface area contributed by atoms with Gasteiger partial charge in [-0.2, -0.15) is 0 Å². The quantitative estimate of drug-likeness (QED) is 0.776. The SMILES string of the molecule is CS(=O)(=O)N1CCCC(NC(=O)C2CCCC(C(=O)O)C2)C1. The molecule has 1 amide bonds. The number of carboxylic acids is 1. The van der Waals surface area contributed by atoms with Gasteiger partial charge in [-0.1, -0.05) is 6.42 Å². The molecule has 0 aromatic carbocycles. The van der Waals surface area contributed by atoms with Gasteiger partial charge in [0.25, 0.3) is 0 Å². The maximum atomic E-state index is 12.3. The second kappa shape index (κ2) is 6.95. The summed E-state index contributed by atoms with van der Waals surface area (Å²) < 4.78 is 24.6. The molecule has 1 heterocycles. The molecule has 1 saturated carbocycles. The first-order valence-corrected chi connectivity index (χ1v) is 9.60. The van der Waals surface area contributed by atoms with Gasteiger partial charge in [-0.15, -0.1) is 0 Å². The lowest BCUT2D eigenvalue weighted by molar-refractivity contribution is -0.144. The van der Waals surface area contributed by atoms with E-state index in [0.29, 0.717) is 32.4 Å². The number of hydrogen-bond donors (Lipinski definition) is 2. The molecule has 1 aliphatic carbocycles. The van der Waals surface area contributed by atoms with E-state index in [1.807, 2.05) is 0 Å². The van der Waals surface area contributed by atoms with Crippen molar-refractivity contribution in [1.29, 1.82) is 0 Å². The fraction of sp³-hybridized carbons (Fsp3) is 0.857. The van der Waals surface area contributed by atoms with Crippen molar-refractivity contribution >= 4 is 21.9 Å². The molecule has 8 heteroatoms. The molecule has 0 aromatic heterocycles. The van der Waals surface area contributed by atoms with E-state index in [1.54, 1.807) is 0 Å². The Labute approximate surface area is 131 Å². The maximum Gasteiger partial charge on any atom is 0.306 e. The molecule has 1 saturated heterocycles. The summed E-state index contributed by atoms with van der Waals surface area (Å²) in [6.45, 7) is 0.801. The highest BCUT2D eigenvalue weighted by Crippen LogP contribution is 2.29. The summed E-state index contributed by atoms with van der Waals surface area (Å²) in [5.74, 6) is -1.68. The minimum atomic E-state index is -3.24. The van der Waals surface area contributed by atoms with Crippen molar-refractivity contribution in [2.24, 2.45) is 11.8 Å². The Balaban J connectivity index is 1.90. The molecule has 0 spiro atoms. The minimum Gasteiger partial charge on any atom is -0.481 e. The number of aliphatic carboxylic acids is 1. The Morgan fingerprint density at radius 3 is 2.45 bits per heavy atom. The Hall–Kier alpha value is -1.15. The summed E-state index contributed by atoms with van der Waals surface area (Å²) in [6, 6.07) is -0.179. The summed E-state index contributed by atoms with van der Waals surface area (Å²) in [4.78, 5) is 23.4. The fourth-order valence-electron chi connectivity index (χ4n) is 3.33. The van der Waals surface area contributed by atoms with Crippen LogP contribution in [-0.2, 0) is 19.6 Å². The van der Waals surface area contributed by atoms with Crippen molar-refractivity contribution in [2.45, 2.75) is 44.6 Å². The van der Waals surface area contributed by atoms with Crippen molar-refractivity contribution in [3.8, 4) is 0 Å². The third kappa shape index (κ3) is 4.42. The first-order chi connectivity index (χ1) is 10.3. The highest BCUT2D eigenvalue weighted by atomic mass is 32.2. The van der Waals surface area contributed by atoms with Gasteiger partial charge < -0.3 is 10.4 Å². The van der Waals surface area contributed by atoms with Crippen LogP contribution in [0.4, 0.5) is 0 Å². The van der Waals surface area contributed by atoms with Gasteiger partial charge >= 0.3 is 5.97 Å². The second-order valence-corrected chi connectivity index (χ2v) is 8.35. The molecule has 0 aromatic rings. The standard InChI is InChI=1S/C14H24N2O5S/c1-22(20,21)16-7-3-6-12(9-16)15-13(17)10-4-2-5-11(8-10)14(18)19/h10-12H,2-9H2,1H3,(H,15,17)(H,18,19). The van der Waals surface area contributed by atoms with Crippen molar-refractivity contribution in [2.75, 3.05) is 19.3 Å². The van der Waals surface area contributed by atoms with Gasteiger partial charge in [-0.3, -0.25) is 9.59 Å². The smallest absolute Gasteiger partial charge is 0.306 e. The van der Waals surface area contributed by atoms with Crippen LogP contribution in [0.3, 0.4) is 0 Å². The van der Waals surface area contributed by atoms with Crippen LogP contribution in [0.15, 0.2) is 0 Å². The molecule has 3 atom stereocenters. The zero-order valence-electron chi connectivity index (χ0n) is 12.8. The Kier molecular flexibility index (Phi) is 5.44. The molecular weight excluding hydrogens is 308 g/mol. The summed E-state index contributed by atoms with van der Waals surface area (Å²) in [5, 5.41) is 12.0. The normalized spacial score (nSPS) is 30.7. The van der Waals surface area contributed by atoms with Crippen LogP contribution in [0.25, 0.3) is 0 Å². The summed E-state index contributed by atoms with van der Waals surface area (Å²) in [6.07, 6.45) is 5.12. The first kappa shape index (κ1) is 17.2. The molecule has 22 heavy (non-hydrogen) atoms. The van der Waals surface area contributed by atoms with Gasteiger partial charge in [0.05, 0.1) is 12.2 Å². The molecule has 7 nitrogen and oxygen atoms in total. The number of hydrogen-bond acceptors (Lipinski definition) is 4. The predicted octanol–water partition coefficient (Wildman–Crippen LogP) is 0.418. The van der Waals surface area contributed by atoms with Gasteiger partial charge in [0.1, 0.15) is 0 Å². The average Bonchev–Trinajstić information content (AvgIpc) is 2.46. The highest BCUT2D eigenvalue weighted by Gasteiger charge is 2.33. The number of nitrogens with one attached hydrogen (secondary N) is 1. The summed E-state index contributed by atoms with van der Waals surface area (Å²) in [5.41, 5.74) is 0. The van der Waals surface area contributed by atoms with Gasteiger partial charge in [0.2, 0.25) is 15.9 Å². The van der Waals surface area contributed by atoms with E-state index in [2.05, 4.69) is 5.32 Å². The number of carboxylic acid groups (broad SMARTS) is 1. The van der Waals surface area contributed by atoms with Crippen LogP contribution in [0.5, 0.6) is 0 Å². The maximum absolute atomic E-state index is 12.3. The number of piperidine rings is 1. The zero-order valence-corrected chi connectivity index (χ0v) is 13.6. The molecular formula is C14H24N2O5S. The van der Waals surface area contributed by atoms with Crippen LogP contribution in [-0.4, -0.2) is 55.1 Å². The van der Waals surface area contributed by atoms with Crippen LogP contribution >= 0.6 is 0 Å². The first-order valence-electron chi connectivity index (χ1n) is 7.75. The van der Waals surface area contributed by atoms with Gasteiger partial charge in [-0.25, -0.2) is 12.7 Å². The van der Waals surface area contributed by atoms with Gasteiger partial charge in [0, 0.05) is 25.0 Å². The zero-order chi connectivity index (χ0) is 16.3. The van der Waals surface area contributed by atoms with Crippen LogP contribution in [0, 0.1) is 11.8 Å². The molecule has 2 rings (SSSR count). The molecule has 0 bridgehead atoms. The Bertz CT molecular complexity index is 533. The van der Waals surface area contributed by atoms with E-state index >= 15 is 0 Å². The average molecular weight is 332 g/mol. The topological polar surface area (TPSA) is 104 Å². The Morgan fingerprint density at radius 1 is 1.14 bits per heavy atom. The van der Waals surface area contributed by atoms with E-state index < -0.39 is 21.9 Å². The van der Waals surface area contributed by atoms with Gasteiger partial charge in [-0.05, 0) is 32.1 Å². The number of sulfonamides is 1. The van der Waals surface area contributed by atoms with E-state index in [4.69, 9.17) is 5.11 Å². The van der Waals surface area contributed by atoms with Gasteiger partial charge in [0.15, 0.2) is 0 Å². The third-order valence-corrected chi connectivity index (χ3v) is 5.86. The molecule has 2 N–H and O–H groups in total. The van der Waals surface area contributed by atoms with E-state index in [9.17, 15) is 18.0 Å². The molecule has 2 fully saturated rings. The van der Waals surface area contributed by atoms with E-state index in [0.717, 1.165) is 19.3 Å². The van der Waals surface area contributed by atoms with Crippen LogP contribution in [0.1, 0.15) is 38.5 Å². The van der Waals surface area contributed by atoms with Crippen LogP contribution < -0.4 is 5.32 Å². The number of rotatable bonds is 4. The monoisotopic (exact) mass is 332 g/mol. The summed E-state index contributed by atoms with van der Waals surface area (Å²) >= 11 is 0. The van der Waals surface area contributed by atoms with Crippen molar-refractivity contribution in [1.82, 2.24) is 9.62 Å². The van der Waals surface area contributed by atoms with Crippen molar-refractivity contribution in [3.63, 3.8) is 0 Å². The highest BCUT2D eigenvalue weighted by molar-refractivity contribution is 7.88. The number of amides is 1. The predicted molar refractivity (Wildman–Crippen MR) is 80.7 cm³/mol. The second-order valence-electron chi connectivity index (χ2n) is 6.37. The molecule has 3 unspecified atom stereocenters. The third-order valence-electron chi connectivity index (χ3n) is 4.59. The fourth-order valence-corrected chi connectivity index (χ4v) is 4.24. The van der Waals surface area contributed by atoms with Crippen molar-refractivity contribution < 1.29 is 23.1 Å². The largest absolute Gasteiger partial charge is 0.481 e.